The fourth-order valence-electron chi connectivity index (χ4n) is 0.422. The first-order valence-electron chi connectivity index (χ1n) is 4.12. The predicted molar refractivity (Wildman–Crippen MR) is 34.7 cm³/mol. The Hall–Kier alpha value is -0.590. The second kappa shape index (κ2) is 3.42. The third-order valence-corrected chi connectivity index (χ3v) is 0.733. The molecule has 0 aliphatic rings. The standard InChI is InChI=1S/C7H12O/c1-4-7(8)5-6(2)3/h4,6H,1,5H2,2-3H3/i1D2,4D. The zero-order chi connectivity index (χ0) is 9.02. The molecule has 0 N–H and O–H groups in total. The first-order valence-corrected chi connectivity index (χ1v) is 2.62. The minimum absolute atomic E-state index is 0.183. The molecule has 0 radical (unpaired) electrons. The summed E-state index contributed by atoms with van der Waals surface area (Å²) in [6, 6.07) is -0.487. The summed E-state index contributed by atoms with van der Waals surface area (Å²) >= 11 is 0. The number of ketones is 1. The van der Waals surface area contributed by atoms with Gasteiger partial charge >= 0.3 is 0 Å². The summed E-state index contributed by atoms with van der Waals surface area (Å²) in [6.45, 7) is 3.02. The summed E-state index contributed by atoms with van der Waals surface area (Å²) in [4.78, 5) is 10.9. The van der Waals surface area contributed by atoms with Crippen molar-refractivity contribution in [3.63, 3.8) is 0 Å². The lowest BCUT2D eigenvalue weighted by atomic mass is 10.1. The highest BCUT2D eigenvalue weighted by molar-refractivity contribution is 5.89. The SMILES string of the molecule is [2H]C([2H])=C([2H])C(=O)CC(C)C. The molecule has 0 heterocycles. The van der Waals surface area contributed by atoms with E-state index in [1.54, 1.807) is 0 Å². The molecule has 0 unspecified atom stereocenters. The third kappa shape index (κ3) is 3.59. The molecule has 0 amide bonds. The van der Waals surface area contributed by atoms with E-state index < -0.39 is 18.4 Å². The molecule has 0 aromatic heterocycles. The summed E-state index contributed by atoms with van der Waals surface area (Å²) < 4.78 is 20.4. The highest BCUT2D eigenvalue weighted by atomic mass is 16.1. The Labute approximate surface area is 54.6 Å². The summed E-state index contributed by atoms with van der Waals surface area (Å²) in [7, 11) is 0. The van der Waals surface area contributed by atoms with E-state index in [-0.39, 0.29) is 12.3 Å². The van der Waals surface area contributed by atoms with Gasteiger partial charge < -0.3 is 0 Å². The summed E-state index contributed by atoms with van der Waals surface area (Å²) in [5.41, 5.74) is 0. The van der Waals surface area contributed by atoms with Gasteiger partial charge in [-0.05, 0) is 12.0 Å². The summed E-state index contributed by atoms with van der Waals surface area (Å²) in [6.07, 6.45) is 0.250. The molecule has 1 nitrogen and oxygen atoms in total. The van der Waals surface area contributed by atoms with Gasteiger partial charge in [0.2, 0.25) is 0 Å². The van der Waals surface area contributed by atoms with Crippen LogP contribution in [-0.4, -0.2) is 5.78 Å². The maximum Gasteiger partial charge on any atom is 0.155 e. The molecule has 0 aromatic carbocycles. The van der Waals surface area contributed by atoms with Gasteiger partial charge in [-0.1, -0.05) is 20.4 Å². The Morgan fingerprint density at radius 3 is 3.12 bits per heavy atom. The molecular formula is C7H12O. The lowest BCUT2D eigenvalue weighted by molar-refractivity contribution is -0.115. The number of carbonyl (C=O) groups excluding carboxylic acids is 1. The van der Waals surface area contributed by atoms with Crippen LogP contribution in [-0.2, 0) is 4.79 Å². The van der Waals surface area contributed by atoms with E-state index in [1.165, 1.54) is 0 Å². The zero-order valence-corrected chi connectivity index (χ0v) is 5.19. The van der Waals surface area contributed by atoms with Gasteiger partial charge in [0.15, 0.2) is 5.78 Å². The molecule has 0 spiro atoms. The van der Waals surface area contributed by atoms with Crippen molar-refractivity contribution >= 4 is 5.78 Å². The van der Waals surface area contributed by atoms with E-state index in [4.69, 9.17) is 4.11 Å². The average molecular weight is 115 g/mol. The Bertz CT molecular complexity index is 180. The van der Waals surface area contributed by atoms with Crippen LogP contribution in [0.2, 0.25) is 0 Å². The smallest absolute Gasteiger partial charge is 0.155 e. The second-order valence-electron chi connectivity index (χ2n) is 2.15. The van der Waals surface area contributed by atoms with Gasteiger partial charge in [0.1, 0.15) is 0 Å². The van der Waals surface area contributed by atoms with E-state index in [1.807, 2.05) is 13.8 Å². The number of hydrogen-bond acceptors (Lipinski definition) is 1. The molecule has 0 atom stereocenters. The predicted octanol–water partition coefficient (Wildman–Crippen LogP) is 1.79. The fourth-order valence-corrected chi connectivity index (χ4v) is 0.422. The van der Waals surface area contributed by atoms with Gasteiger partial charge in [0.05, 0.1) is 4.11 Å². The minimum atomic E-state index is -0.698. The molecule has 0 bridgehead atoms. The lowest BCUT2D eigenvalue weighted by Crippen LogP contribution is -1.97. The zero-order valence-electron chi connectivity index (χ0n) is 8.19. The summed E-state index contributed by atoms with van der Waals surface area (Å²) in [5.74, 6) is -0.234. The van der Waals surface area contributed by atoms with E-state index >= 15 is 0 Å². The second-order valence-corrected chi connectivity index (χ2v) is 2.15. The molecule has 0 rings (SSSR count). The fraction of sp³-hybridized carbons (Fsp3) is 0.571. The molecule has 0 saturated heterocycles. The highest BCUT2D eigenvalue weighted by Crippen LogP contribution is 1.99. The number of hydrogen-bond donors (Lipinski definition) is 0. The van der Waals surface area contributed by atoms with Crippen molar-refractivity contribution in [1.29, 1.82) is 0 Å². The molecular weight excluding hydrogens is 100 g/mol. The van der Waals surface area contributed by atoms with Crippen molar-refractivity contribution in [1.82, 2.24) is 0 Å². The van der Waals surface area contributed by atoms with Crippen LogP contribution in [0, 0.1) is 5.92 Å². The van der Waals surface area contributed by atoms with Crippen molar-refractivity contribution in [2.45, 2.75) is 20.3 Å². The molecule has 0 saturated carbocycles. The number of rotatable bonds is 3. The number of allylic oxidation sites excluding steroid dienone is 1. The minimum Gasteiger partial charge on any atom is -0.295 e. The van der Waals surface area contributed by atoms with Gasteiger partial charge in [-0.15, -0.1) is 0 Å². The van der Waals surface area contributed by atoms with Crippen molar-refractivity contribution in [3.05, 3.63) is 12.6 Å². The van der Waals surface area contributed by atoms with Gasteiger partial charge in [0, 0.05) is 6.42 Å². The van der Waals surface area contributed by atoms with Crippen molar-refractivity contribution in [3.8, 4) is 0 Å². The Morgan fingerprint density at radius 1 is 2.12 bits per heavy atom. The maximum absolute atomic E-state index is 10.9. The molecule has 46 valence electrons. The molecule has 0 aliphatic heterocycles. The lowest BCUT2D eigenvalue weighted by Gasteiger charge is -1.96. The molecule has 1 heteroatoms. The number of carbonyl (C=O) groups is 1. The van der Waals surface area contributed by atoms with Crippen LogP contribution >= 0.6 is 0 Å². The van der Waals surface area contributed by atoms with Crippen LogP contribution < -0.4 is 0 Å². The van der Waals surface area contributed by atoms with Crippen molar-refractivity contribution in [2.24, 2.45) is 5.92 Å². The molecule has 0 aromatic rings. The monoisotopic (exact) mass is 115 g/mol. The van der Waals surface area contributed by atoms with E-state index in [2.05, 4.69) is 0 Å². The Balaban J connectivity index is 4.17. The van der Waals surface area contributed by atoms with E-state index in [0.717, 1.165) is 0 Å². The van der Waals surface area contributed by atoms with Crippen LogP contribution in [0.3, 0.4) is 0 Å². The summed E-state index contributed by atoms with van der Waals surface area (Å²) in [5, 5.41) is 0. The first kappa shape index (κ1) is 3.44. The highest BCUT2D eigenvalue weighted by Gasteiger charge is 1.97. The van der Waals surface area contributed by atoms with Crippen LogP contribution in [0.5, 0.6) is 0 Å². The maximum atomic E-state index is 10.9. The molecule has 8 heavy (non-hydrogen) atoms. The van der Waals surface area contributed by atoms with E-state index in [0.29, 0.717) is 0 Å². The van der Waals surface area contributed by atoms with E-state index in [9.17, 15) is 4.79 Å². The van der Waals surface area contributed by atoms with Crippen LogP contribution in [0.4, 0.5) is 0 Å². The van der Waals surface area contributed by atoms with Gasteiger partial charge in [0.25, 0.3) is 0 Å². The van der Waals surface area contributed by atoms with Crippen molar-refractivity contribution < 1.29 is 8.91 Å². The third-order valence-electron chi connectivity index (χ3n) is 0.733. The first-order chi connectivity index (χ1) is 4.95. The Morgan fingerprint density at radius 2 is 2.75 bits per heavy atom. The largest absolute Gasteiger partial charge is 0.295 e. The van der Waals surface area contributed by atoms with Crippen LogP contribution in [0.15, 0.2) is 12.6 Å². The average Bonchev–Trinajstić information content (AvgIpc) is 1.84. The van der Waals surface area contributed by atoms with Crippen LogP contribution in [0.25, 0.3) is 0 Å². The van der Waals surface area contributed by atoms with Gasteiger partial charge in [-0.3, -0.25) is 4.79 Å². The topological polar surface area (TPSA) is 17.1 Å². The molecule has 0 fully saturated rings. The normalized spacial score (nSPS) is 14.1. The quantitative estimate of drug-likeness (QED) is 0.512. The molecule has 0 aliphatic carbocycles. The van der Waals surface area contributed by atoms with Gasteiger partial charge in [-0.2, -0.15) is 0 Å². The Kier molecular flexibility index (Phi) is 1.47. The van der Waals surface area contributed by atoms with Crippen LogP contribution in [0.1, 0.15) is 24.4 Å². The van der Waals surface area contributed by atoms with Crippen molar-refractivity contribution in [2.75, 3.05) is 0 Å². The van der Waals surface area contributed by atoms with Gasteiger partial charge in [-0.25, -0.2) is 0 Å².